The van der Waals surface area contributed by atoms with Crippen LogP contribution in [0.1, 0.15) is 20.3 Å². The maximum Gasteiger partial charge on any atom is 0.225 e. The number of carbonyl (C=O) groups is 1. The Morgan fingerprint density at radius 1 is 1.33 bits per heavy atom. The molecule has 0 aliphatic carbocycles. The number of rotatable bonds is 4. The first kappa shape index (κ1) is 12.5. The molecule has 1 fully saturated rings. The molecule has 88 valence electrons. The van der Waals surface area contributed by atoms with Crippen molar-refractivity contribution in [1.29, 1.82) is 0 Å². The first-order valence-corrected chi connectivity index (χ1v) is 5.90. The summed E-state index contributed by atoms with van der Waals surface area (Å²) < 4.78 is 0. The molecule has 0 bridgehead atoms. The van der Waals surface area contributed by atoms with Gasteiger partial charge in [0.15, 0.2) is 0 Å². The van der Waals surface area contributed by atoms with Crippen LogP contribution in [0.4, 0.5) is 0 Å². The van der Waals surface area contributed by atoms with Crippen LogP contribution in [0.5, 0.6) is 0 Å². The van der Waals surface area contributed by atoms with E-state index in [0.717, 1.165) is 39.1 Å². The second kappa shape index (κ2) is 6.08. The number of piperazine rings is 1. The molecule has 4 nitrogen and oxygen atoms in total. The Morgan fingerprint density at radius 3 is 2.40 bits per heavy atom. The van der Waals surface area contributed by atoms with E-state index >= 15 is 0 Å². The van der Waals surface area contributed by atoms with Gasteiger partial charge in [-0.05, 0) is 19.5 Å². The Kier molecular flexibility index (Phi) is 5.05. The quantitative estimate of drug-likeness (QED) is 0.722. The van der Waals surface area contributed by atoms with E-state index in [4.69, 9.17) is 5.73 Å². The number of likely N-dealkylation sites (N-methyl/N-ethyl adjacent to an activating group) is 1. The van der Waals surface area contributed by atoms with Gasteiger partial charge in [-0.3, -0.25) is 4.79 Å². The Labute approximate surface area is 92.4 Å². The Balaban J connectivity index is 2.35. The van der Waals surface area contributed by atoms with Crippen LogP contribution in [0.2, 0.25) is 0 Å². The standard InChI is InChI=1S/C11H23N3O/c1-3-13-6-8-14(9-7-13)11(15)10(2)4-5-12/h10H,3-9,12H2,1-2H3. The van der Waals surface area contributed by atoms with Crippen LogP contribution < -0.4 is 5.73 Å². The van der Waals surface area contributed by atoms with E-state index in [-0.39, 0.29) is 11.8 Å². The van der Waals surface area contributed by atoms with Crippen molar-refractivity contribution in [3.63, 3.8) is 0 Å². The van der Waals surface area contributed by atoms with E-state index in [9.17, 15) is 4.79 Å². The first-order valence-electron chi connectivity index (χ1n) is 5.90. The Hall–Kier alpha value is -0.610. The van der Waals surface area contributed by atoms with Gasteiger partial charge in [0.05, 0.1) is 0 Å². The molecule has 0 saturated carbocycles. The maximum atomic E-state index is 11.9. The fourth-order valence-corrected chi connectivity index (χ4v) is 1.97. The van der Waals surface area contributed by atoms with Gasteiger partial charge >= 0.3 is 0 Å². The molecule has 0 spiro atoms. The van der Waals surface area contributed by atoms with Crippen molar-refractivity contribution in [3.8, 4) is 0 Å². The van der Waals surface area contributed by atoms with Crippen molar-refractivity contribution in [2.75, 3.05) is 39.3 Å². The summed E-state index contributed by atoms with van der Waals surface area (Å²) in [6.45, 7) is 9.59. The zero-order valence-electron chi connectivity index (χ0n) is 9.91. The highest BCUT2D eigenvalue weighted by molar-refractivity contribution is 5.78. The molecule has 1 saturated heterocycles. The molecule has 0 radical (unpaired) electrons. The van der Waals surface area contributed by atoms with E-state index in [1.807, 2.05) is 11.8 Å². The second-order valence-electron chi connectivity index (χ2n) is 4.24. The summed E-state index contributed by atoms with van der Waals surface area (Å²) in [7, 11) is 0. The average Bonchev–Trinajstić information content (AvgIpc) is 2.28. The number of hydrogen-bond donors (Lipinski definition) is 1. The topological polar surface area (TPSA) is 49.6 Å². The van der Waals surface area contributed by atoms with Crippen LogP contribution in [0.25, 0.3) is 0 Å². The molecule has 2 N–H and O–H groups in total. The summed E-state index contributed by atoms with van der Waals surface area (Å²) in [5.41, 5.74) is 5.46. The molecule has 0 aromatic carbocycles. The molecule has 1 aliphatic rings. The Morgan fingerprint density at radius 2 is 1.93 bits per heavy atom. The van der Waals surface area contributed by atoms with Gasteiger partial charge in [-0.2, -0.15) is 0 Å². The van der Waals surface area contributed by atoms with Crippen molar-refractivity contribution in [2.24, 2.45) is 11.7 Å². The minimum Gasteiger partial charge on any atom is -0.340 e. The van der Waals surface area contributed by atoms with Crippen molar-refractivity contribution in [3.05, 3.63) is 0 Å². The minimum absolute atomic E-state index is 0.0863. The van der Waals surface area contributed by atoms with Gasteiger partial charge in [-0.15, -0.1) is 0 Å². The summed E-state index contributed by atoms with van der Waals surface area (Å²) in [6.07, 6.45) is 0.798. The van der Waals surface area contributed by atoms with Crippen molar-refractivity contribution < 1.29 is 4.79 Å². The van der Waals surface area contributed by atoms with Gasteiger partial charge in [-0.1, -0.05) is 13.8 Å². The molecular weight excluding hydrogens is 190 g/mol. The molecule has 1 heterocycles. The molecule has 0 aromatic rings. The van der Waals surface area contributed by atoms with Gasteiger partial charge in [0.2, 0.25) is 5.91 Å². The Bertz CT molecular complexity index is 200. The molecule has 1 rings (SSSR count). The molecule has 4 heteroatoms. The van der Waals surface area contributed by atoms with E-state index in [1.165, 1.54) is 0 Å². The SMILES string of the molecule is CCN1CCN(C(=O)C(C)CCN)CC1. The van der Waals surface area contributed by atoms with Crippen LogP contribution in [-0.2, 0) is 4.79 Å². The van der Waals surface area contributed by atoms with Crippen LogP contribution >= 0.6 is 0 Å². The van der Waals surface area contributed by atoms with Gasteiger partial charge in [0, 0.05) is 32.1 Å². The highest BCUT2D eigenvalue weighted by Crippen LogP contribution is 2.09. The fraction of sp³-hybridized carbons (Fsp3) is 0.909. The third-order valence-corrected chi connectivity index (χ3v) is 3.15. The summed E-state index contributed by atoms with van der Waals surface area (Å²) in [4.78, 5) is 16.3. The predicted molar refractivity (Wildman–Crippen MR) is 61.5 cm³/mol. The van der Waals surface area contributed by atoms with Crippen molar-refractivity contribution >= 4 is 5.91 Å². The van der Waals surface area contributed by atoms with E-state index < -0.39 is 0 Å². The average molecular weight is 213 g/mol. The molecular formula is C11H23N3O. The van der Waals surface area contributed by atoms with Crippen LogP contribution in [0.3, 0.4) is 0 Å². The maximum absolute atomic E-state index is 11.9. The van der Waals surface area contributed by atoms with Crippen molar-refractivity contribution in [1.82, 2.24) is 9.80 Å². The summed E-state index contributed by atoms with van der Waals surface area (Å²) in [6, 6.07) is 0. The van der Waals surface area contributed by atoms with Gasteiger partial charge in [0.25, 0.3) is 0 Å². The predicted octanol–water partition coefficient (Wildman–Crippen LogP) is 0.135. The zero-order valence-corrected chi connectivity index (χ0v) is 9.91. The normalized spacial score (nSPS) is 20.3. The third-order valence-electron chi connectivity index (χ3n) is 3.15. The van der Waals surface area contributed by atoms with Crippen LogP contribution in [-0.4, -0.2) is 55.0 Å². The monoisotopic (exact) mass is 213 g/mol. The van der Waals surface area contributed by atoms with E-state index in [1.54, 1.807) is 0 Å². The molecule has 15 heavy (non-hydrogen) atoms. The lowest BCUT2D eigenvalue weighted by atomic mass is 10.1. The van der Waals surface area contributed by atoms with Crippen molar-refractivity contribution in [2.45, 2.75) is 20.3 Å². The highest BCUT2D eigenvalue weighted by Gasteiger charge is 2.23. The number of nitrogens with two attached hydrogens (primary N) is 1. The number of carbonyl (C=O) groups excluding carboxylic acids is 1. The molecule has 1 unspecified atom stereocenters. The van der Waals surface area contributed by atoms with Gasteiger partial charge < -0.3 is 15.5 Å². The minimum atomic E-state index is 0.0863. The van der Waals surface area contributed by atoms with Crippen LogP contribution in [0, 0.1) is 5.92 Å². The number of nitrogens with zero attached hydrogens (tertiary/aromatic N) is 2. The summed E-state index contributed by atoms with van der Waals surface area (Å²) in [5, 5.41) is 0. The summed E-state index contributed by atoms with van der Waals surface area (Å²) in [5.74, 6) is 0.361. The third kappa shape index (κ3) is 3.47. The molecule has 1 aliphatic heterocycles. The first-order chi connectivity index (χ1) is 7.19. The number of hydrogen-bond acceptors (Lipinski definition) is 3. The smallest absolute Gasteiger partial charge is 0.225 e. The second-order valence-corrected chi connectivity index (χ2v) is 4.24. The molecule has 1 atom stereocenters. The molecule has 0 aromatic heterocycles. The highest BCUT2D eigenvalue weighted by atomic mass is 16.2. The fourth-order valence-electron chi connectivity index (χ4n) is 1.97. The molecule has 1 amide bonds. The lowest BCUT2D eigenvalue weighted by Gasteiger charge is -2.35. The number of amides is 1. The van der Waals surface area contributed by atoms with Crippen LogP contribution in [0.15, 0.2) is 0 Å². The van der Waals surface area contributed by atoms with Gasteiger partial charge in [0.1, 0.15) is 0 Å². The summed E-state index contributed by atoms with van der Waals surface area (Å²) >= 11 is 0. The zero-order chi connectivity index (χ0) is 11.3. The van der Waals surface area contributed by atoms with E-state index in [2.05, 4.69) is 11.8 Å². The lowest BCUT2D eigenvalue weighted by molar-refractivity contribution is -0.136. The lowest BCUT2D eigenvalue weighted by Crippen LogP contribution is -2.50. The largest absolute Gasteiger partial charge is 0.340 e. The van der Waals surface area contributed by atoms with Gasteiger partial charge in [-0.25, -0.2) is 0 Å². The van der Waals surface area contributed by atoms with E-state index in [0.29, 0.717) is 6.54 Å².